The van der Waals surface area contributed by atoms with Crippen LogP contribution in [-0.4, -0.2) is 27.9 Å². The summed E-state index contributed by atoms with van der Waals surface area (Å²) in [5, 5.41) is 13.6. The highest BCUT2D eigenvalue weighted by Crippen LogP contribution is 2.32. The van der Waals surface area contributed by atoms with E-state index in [0.717, 1.165) is 27.5 Å². The molecule has 0 aromatic heterocycles. The molecule has 1 aliphatic rings. The monoisotopic (exact) mass is 492 g/mol. The summed E-state index contributed by atoms with van der Waals surface area (Å²) in [7, 11) is 0. The molecule has 1 aliphatic heterocycles. The lowest BCUT2D eigenvalue weighted by molar-refractivity contribution is -0.123. The van der Waals surface area contributed by atoms with E-state index in [9.17, 15) is 14.4 Å². The Labute approximate surface area is 213 Å². The molecule has 1 fully saturated rings. The fourth-order valence-electron chi connectivity index (χ4n) is 4.31. The Kier molecular flexibility index (Phi) is 6.43. The molecule has 0 bridgehead atoms. The number of benzene rings is 4. The minimum atomic E-state index is -0.990. The molecule has 1 heterocycles. The van der Waals surface area contributed by atoms with Crippen LogP contribution in [0.3, 0.4) is 0 Å². The Bertz CT molecular complexity index is 1560. The van der Waals surface area contributed by atoms with Gasteiger partial charge in [0.05, 0.1) is 12.1 Å². The van der Waals surface area contributed by atoms with Crippen molar-refractivity contribution in [3.63, 3.8) is 0 Å². The maximum absolute atomic E-state index is 13.2. The summed E-state index contributed by atoms with van der Waals surface area (Å²) < 4.78 is 6.11. The van der Waals surface area contributed by atoms with Gasteiger partial charge in [-0.2, -0.15) is 0 Å². The molecule has 0 saturated carbocycles. The van der Waals surface area contributed by atoms with E-state index in [0.29, 0.717) is 11.3 Å². The first-order chi connectivity index (χ1) is 17.9. The van der Waals surface area contributed by atoms with Crippen molar-refractivity contribution in [1.29, 1.82) is 0 Å². The number of carbonyl (C=O) groups excluding carboxylic acids is 2. The van der Waals surface area contributed by atoms with E-state index in [-0.39, 0.29) is 24.4 Å². The van der Waals surface area contributed by atoms with Crippen LogP contribution in [0.1, 0.15) is 32.6 Å². The topological polar surface area (TPSA) is 95.9 Å². The summed E-state index contributed by atoms with van der Waals surface area (Å²) in [6.07, 6.45) is 1.65. The van der Waals surface area contributed by atoms with Gasteiger partial charge in [-0.15, -0.1) is 0 Å². The number of nitrogens with zero attached hydrogens (tertiary/aromatic N) is 1. The van der Waals surface area contributed by atoms with Crippen LogP contribution in [0.4, 0.5) is 4.79 Å². The second-order valence-corrected chi connectivity index (χ2v) is 8.86. The molecule has 0 radical (unpaired) electrons. The molecular weight excluding hydrogens is 468 g/mol. The molecule has 0 aliphatic carbocycles. The Balaban J connectivity index is 1.45. The molecule has 184 valence electrons. The summed E-state index contributed by atoms with van der Waals surface area (Å²) in [5.74, 6) is -0.863. The number of hydrogen-bond donors (Lipinski definition) is 2. The molecular formula is C30H24N2O5. The lowest BCUT2D eigenvalue weighted by atomic mass is 10.0. The van der Waals surface area contributed by atoms with Gasteiger partial charge in [0.1, 0.15) is 18.1 Å². The van der Waals surface area contributed by atoms with Gasteiger partial charge in [-0.05, 0) is 53.1 Å². The number of rotatable bonds is 7. The molecule has 7 heteroatoms. The van der Waals surface area contributed by atoms with Gasteiger partial charge < -0.3 is 15.2 Å². The summed E-state index contributed by atoms with van der Waals surface area (Å²) in [4.78, 5) is 38.2. The normalized spacial score (nSPS) is 14.3. The molecule has 2 N–H and O–H groups in total. The molecule has 37 heavy (non-hydrogen) atoms. The van der Waals surface area contributed by atoms with Gasteiger partial charge >= 0.3 is 12.0 Å². The predicted molar refractivity (Wildman–Crippen MR) is 140 cm³/mol. The first-order valence-corrected chi connectivity index (χ1v) is 11.8. The molecule has 3 amide bonds. The van der Waals surface area contributed by atoms with E-state index in [4.69, 9.17) is 9.84 Å². The summed E-state index contributed by atoms with van der Waals surface area (Å²) in [6.45, 7) is 2.34. The standard InChI is InChI=1S/C30H24N2O5/c1-19-5-4-6-21(15-19)17-32-28(33)26(31-30(32)36)16-25-24-8-3-2-7-22(24)13-14-27(25)37-18-20-9-11-23(12-10-20)29(34)35/h2-16H,17-18H2,1H3,(H,31,36)(H,34,35)/b26-16+. The van der Waals surface area contributed by atoms with Crippen LogP contribution in [0.5, 0.6) is 5.75 Å². The average Bonchev–Trinajstić information content (AvgIpc) is 3.15. The number of fused-ring (bicyclic) bond motifs is 1. The van der Waals surface area contributed by atoms with Crippen molar-refractivity contribution in [2.75, 3.05) is 0 Å². The Morgan fingerprint density at radius 2 is 1.73 bits per heavy atom. The maximum Gasteiger partial charge on any atom is 0.335 e. The maximum atomic E-state index is 13.2. The molecule has 7 nitrogen and oxygen atoms in total. The van der Waals surface area contributed by atoms with Gasteiger partial charge in [-0.1, -0.05) is 72.3 Å². The third-order valence-corrected chi connectivity index (χ3v) is 6.20. The Hall–Kier alpha value is -4.91. The number of aryl methyl sites for hydroxylation is 1. The van der Waals surface area contributed by atoms with Gasteiger partial charge in [0, 0.05) is 5.56 Å². The Morgan fingerprint density at radius 1 is 0.946 bits per heavy atom. The molecule has 0 atom stereocenters. The summed E-state index contributed by atoms with van der Waals surface area (Å²) >= 11 is 0. The SMILES string of the molecule is Cc1cccc(CN2C(=O)N/C(=C/c3c(OCc4ccc(C(=O)O)cc4)ccc4ccccc34)C2=O)c1. The summed E-state index contributed by atoms with van der Waals surface area (Å²) in [5.41, 5.74) is 3.76. The van der Waals surface area contributed by atoms with Crippen molar-refractivity contribution in [3.05, 3.63) is 118 Å². The van der Waals surface area contributed by atoms with Gasteiger partial charge in [0.25, 0.3) is 5.91 Å². The van der Waals surface area contributed by atoms with Gasteiger partial charge in [-0.3, -0.25) is 9.69 Å². The van der Waals surface area contributed by atoms with E-state index in [1.54, 1.807) is 18.2 Å². The van der Waals surface area contributed by atoms with E-state index >= 15 is 0 Å². The number of aromatic carboxylic acids is 1. The fraction of sp³-hybridized carbons (Fsp3) is 0.100. The number of carboxylic acids is 1. The quantitative estimate of drug-likeness (QED) is 0.262. The molecule has 0 spiro atoms. The fourth-order valence-corrected chi connectivity index (χ4v) is 4.31. The van der Waals surface area contributed by atoms with Crippen LogP contribution in [0.15, 0.2) is 90.6 Å². The van der Waals surface area contributed by atoms with Crippen LogP contribution in [0.25, 0.3) is 16.8 Å². The van der Waals surface area contributed by atoms with Crippen molar-refractivity contribution in [3.8, 4) is 5.75 Å². The van der Waals surface area contributed by atoms with Crippen LogP contribution in [0, 0.1) is 6.92 Å². The minimum Gasteiger partial charge on any atom is -0.488 e. The third kappa shape index (κ3) is 5.06. The van der Waals surface area contributed by atoms with Crippen LogP contribution >= 0.6 is 0 Å². The number of ether oxygens (including phenoxy) is 1. The zero-order chi connectivity index (χ0) is 25.9. The van der Waals surface area contributed by atoms with Crippen molar-refractivity contribution in [1.82, 2.24) is 10.2 Å². The van der Waals surface area contributed by atoms with Crippen LogP contribution < -0.4 is 10.1 Å². The molecule has 4 aromatic carbocycles. The highest BCUT2D eigenvalue weighted by Gasteiger charge is 2.33. The van der Waals surface area contributed by atoms with E-state index in [1.807, 2.05) is 67.6 Å². The lowest BCUT2D eigenvalue weighted by Gasteiger charge is -2.13. The molecule has 5 rings (SSSR count). The second-order valence-electron chi connectivity index (χ2n) is 8.86. The Morgan fingerprint density at radius 3 is 2.49 bits per heavy atom. The van der Waals surface area contributed by atoms with Crippen molar-refractivity contribution in [2.45, 2.75) is 20.1 Å². The third-order valence-electron chi connectivity index (χ3n) is 6.20. The number of nitrogens with one attached hydrogen (secondary N) is 1. The van der Waals surface area contributed by atoms with Gasteiger partial charge in [0.15, 0.2) is 0 Å². The second kappa shape index (κ2) is 9.99. The molecule has 1 saturated heterocycles. The highest BCUT2D eigenvalue weighted by atomic mass is 16.5. The smallest absolute Gasteiger partial charge is 0.335 e. The number of carbonyl (C=O) groups is 3. The number of hydrogen-bond acceptors (Lipinski definition) is 4. The zero-order valence-electron chi connectivity index (χ0n) is 20.1. The summed E-state index contributed by atoms with van der Waals surface area (Å²) in [6, 6.07) is 25.2. The first kappa shape index (κ1) is 23.8. The average molecular weight is 493 g/mol. The van der Waals surface area contributed by atoms with Gasteiger partial charge in [-0.25, -0.2) is 9.59 Å². The first-order valence-electron chi connectivity index (χ1n) is 11.8. The van der Waals surface area contributed by atoms with E-state index < -0.39 is 17.9 Å². The van der Waals surface area contributed by atoms with Crippen molar-refractivity contribution < 1.29 is 24.2 Å². The predicted octanol–water partition coefficient (Wildman–Crippen LogP) is 5.52. The largest absolute Gasteiger partial charge is 0.488 e. The number of imide groups is 1. The van der Waals surface area contributed by atoms with E-state index in [1.165, 1.54) is 17.0 Å². The van der Waals surface area contributed by atoms with Crippen LogP contribution in [-0.2, 0) is 17.9 Å². The number of urea groups is 1. The molecule has 4 aromatic rings. The van der Waals surface area contributed by atoms with Gasteiger partial charge in [0.2, 0.25) is 0 Å². The molecule has 0 unspecified atom stereocenters. The zero-order valence-corrected chi connectivity index (χ0v) is 20.1. The van der Waals surface area contributed by atoms with Crippen molar-refractivity contribution >= 4 is 34.8 Å². The number of amides is 3. The number of carboxylic acid groups (broad SMARTS) is 1. The highest BCUT2D eigenvalue weighted by molar-refractivity contribution is 6.14. The van der Waals surface area contributed by atoms with E-state index in [2.05, 4.69) is 5.32 Å². The van der Waals surface area contributed by atoms with Crippen molar-refractivity contribution in [2.24, 2.45) is 0 Å². The minimum absolute atomic E-state index is 0.171. The van der Waals surface area contributed by atoms with Crippen LogP contribution in [0.2, 0.25) is 0 Å². The lowest BCUT2D eigenvalue weighted by Crippen LogP contribution is -2.30.